The number of amides is 1. The van der Waals surface area contributed by atoms with Crippen molar-refractivity contribution in [2.75, 3.05) is 18.9 Å². The highest BCUT2D eigenvalue weighted by Crippen LogP contribution is 2.31. The molecule has 3 rings (SSSR count). The largest absolute Gasteiger partial charge is 0.493 e. The highest BCUT2D eigenvalue weighted by Gasteiger charge is 2.23. The van der Waals surface area contributed by atoms with E-state index >= 15 is 0 Å². The Hall–Kier alpha value is -3.09. The van der Waals surface area contributed by atoms with Gasteiger partial charge in [0.1, 0.15) is 11.6 Å². The topological polar surface area (TPSA) is 90.7 Å². The van der Waals surface area contributed by atoms with Crippen molar-refractivity contribution in [1.82, 2.24) is 5.32 Å². The Bertz CT molecular complexity index is 809. The number of anilines is 1. The number of fused-ring (bicyclic) bond motifs is 1. The minimum absolute atomic E-state index is 0.0191. The number of ether oxygens (including phenoxy) is 2. The number of benzene rings is 2. The summed E-state index contributed by atoms with van der Waals surface area (Å²) < 4.78 is 23.5. The van der Waals surface area contributed by atoms with Crippen LogP contribution in [0.1, 0.15) is 28.4 Å². The number of halogens is 1. The van der Waals surface area contributed by atoms with Crippen molar-refractivity contribution < 1.29 is 23.5 Å². The van der Waals surface area contributed by atoms with Gasteiger partial charge in [-0.2, -0.15) is 0 Å². The van der Waals surface area contributed by atoms with E-state index in [-0.39, 0.29) is 17.3 Å². The van der Waals surface area contributed by atoms with Gasteiger partial charge in [0, 0.05) is 17.7 Å². The van der Waals surface area contributed by atoms with Crippen molar-refractivity contribution in [3.63, 3.8) is 0 Å². The summed E-state index contributed by atoms with van der Waals surface area (Å²) >= 11 is 0. The summed E-state index contributed by atoms with van der Waals surface area (Å²) in [6, 6.07) is 10.6. The summed E-state index contributed by atoms with van der Waals surface area (Å²) in [6.07, 6.45) is 0.627. The second-order valence-electron chi connectivity index (χ2n) is 5.60. The molecular formula is C18H17FN2O4. The maximum atomic E-state index is 13.0. The van der Waals surface area contributed by atoms with Crippen LogP contribution in [0.15, 0.2) is 42.5 Å². The number of carbonyl (C=O) groups excluding carboxylic acids is 2. The zero-order chi connectivity index (χ0) is 17.8. The molecule has 1 aliphatic rings. The van der Waals surface area contributed by atoms with Gasteiger partial charge in [-0.1, -0.05) is 18.2 Å². The van der Waals surface area contributed by atoms with E-state index < -0.39 is 24.3 Å². The zero-order valence-electron chi connectivity index (χ0n) is 13.3. The normalized spacial score (nSPS) is 15.6. The lowest BCUT2D eigenvalue weighted by Gasteiger charge is -2.26. The number of hydrogen-bond acceptors (Lipinski definition) is 5. The Morgan fingerprint density at radius 3 is 2.88 bits per heavy atom. The van der Waals surface area contributed by atoms with Gasteiger partial charge in [-0.25, -0.2) is 9.18 Å². The first-order valence-electron chi connectivity index (χ1n) is 7.78. The molecule has 25 heavy (non-hydrogen) atoms. The number of para-hydroxylation sites is 1. The number of hydrogen-bond donors (Lipinski definition) is 2. The number of carbonyl (C=O) groups is 2. The monoisotopic (exact) mass is 344 g/mol. The number of nitrogen functional groups attached to an aromatic ring is 1. The van der Waals surface area contributed by atoms with Gasteiger partial charge >= 0.3 is 5.97 Å². The molecule has 0 aromatic heterocycles. The van der Waals surface area contributed by atoms with E-state index in [0.717, 1.165) is 23.4 Å². The molecule has 3 N–H and O–H groups in total. The lowest BCUT2D eigenvalue weighted by atomic mass is 10.0. The maximum Gasteiger partial charge on any atom is 0.340 e. The standard InChI is InChI=1S/C18H17FN2O4/c19-11-5-6-12(14(20)9-11)18(23)25-10-17(22)21-15-7-8-24-16-4-2-1-3-13(15)16/h1-6,9,15H,7-8,10,20H2,(H,21,22). The highest BCUT2D eigenvalue weighted by molar-refractivity contribution is 5.96. The van der Waals surface area contributed by atoms with Crippen LogP contribution in [0.3, 0.4) is 0 Å². The maximum absolute atomic E-state index is 13.0. The van der Waals surface area contributed by atoms with Gasteiger partial charge in [0.25, 0.3) is 5.91 Å². The lowest BCUT2D eigenvalue weighted by molar-refractivity contribution is -0.125. The first-order chi connectivity index (χ1) is 12.0. The zero-order valence-corrected chi connectivity index (χ0v) is 13.3. The third-order valence-corrected chi connectivity index (χ3v) is 3.86. The van der Waals surface area contributed by atoms with Crippen LogP contribution in [0.2, 0.25) is 0 Å². The molecule has 0 saturated heterocycles. The fraction of sp³-hybridized carbons (Fsp3) is 0.222. The van der Waals surface area contributed by atoms with E-state index in [1.54, 1.807) is 0 Å². The van der Waals surface area contributed by atoms with Gasteiger partial charge in [-0.15, -0.1) is 0 Å². The molecule has 0 bridgehead atoms. The Morgan fingerprint density at radius 1 is 1.28 bits per heavy atom. The quantitative estimate of drug-likeness (QED) is 0.655. The molecule has 1 amide bonds. The van der Waals surface area contributed by atoms with E-state index in [0.29, 0.717) is 13.0 Å². The third-order valence-electron chi connectivity index (χ3n) is 3.86. The molecule has 0 spiro atoms. The Kier molecular flexibility index (Phi) is 4.83. The molecule has 1 heterocycles. The SMILES string of the molecule is Nc1cc(F)ccc1C(=O)OCC(=O)NC1CCOc2ccccc21. The minimum atomic E-state index is -0.778. The van der Waals surface area contributed by atoms with E-state index in [1.165, 1.54) is 6.07 Å². The molecular weight excluding hydrogens is 327 g/mol. The van der Waals surface area contributed by atoms with Crippen molar-refractivity contribution in [3.8, 4) is 5.75 Å². The molecule has 1 atom stereocenters. The number of nitrogens with one attached hydrogen (secondary N) is 1. The predicted molar refractivity (Wildman–Crippen MR) is 88.5 cm³/mol. The van der Waals surface area contributed by atoms with Crippen molar-refractivity contribution in [2.24, 2.45) is 0 Å². The smallest absolute Gasteiger partial charge is 0.340 e. The molecule has 2 aromatic rings. The third kappa shape index (κ3) is 3.88. The van der Waals surface area contributed by atoms with Crippen LogP contribution in [-0.2, 0) is 9.53 Å². The molecule has 0 aliphatic carbocycles. The molecule has 0 saturated carbocycles. The van der Waals surface area contributed by atoms with E-state index in [2.05, 4.69) is 5.32 Å². The van der Waals surface area contributed by atoms with Gasteiger partial charge in [-0.3, -0.25) is 4.79 Å². The molecule has 130 valence electrons. The van der Waals surface area contributed by atoms with Crippen LogP contribution in [0.4, 0.5) is 10.1 Å². The molecule has 1 unspecified atom stereocenters. The molecule has 0 radical (unpaired) electrons. The van der Waals surface area contributed by atoms with Crippen molar-refractivity contribution >= 4 is 17.6 Å². The van der Waals surface area contributed by atoms with Gasteiger partial charge < -0.3 is 20.5 Å². The predicted octanol–water partition coefficient (Wildman–Crippen LogP) is 2.20. The van der Waals surface area contributed by atoms with E-state index in [4.69, 9.17) is 15.2 Å². The lowest BCUT2D eigenvalue weighted by Crippen LogP contribution is -2.35. The van der Waals surface area contributed by atoms with Crippen LogP contribution in [0.5, 0.6) is 5.75 Å². The fourth-order valence-corrected chi connectivity index (χ4v) is 2.66. The Morgan fingerprint density at radius 2 is 2.08 bits per heavy atom. The summed E-state index contributed by atoms with van der Waals surface area (Å²) in [5, 5.41) is 2.82. The number of nitrogens with two attached hydrogens (primary N) is 1. The fourth-order valence-electron chi connectivity index (χ4n) is 2.66. The van der Waals surface area contributed by atoms with Gasteiger partial charge in [0.2, 0.25) is 0 Å². The van der Waals surface area contributed by atoms with Crippen LogP contribution < -0.4 is 15.8 Å². The highest BCUT2D eigenvalue weighted by atomic mass is 19.1. The van der Waals surface area contributed by atoms with Crippen LogP contribution in [-0.4, -0.2) is 25.1 Å². The number of rotatable bonds is 4. The average Bonchev–Trinajstić information content (AvgIpc) is 2.60. The summed E-state index contributed by atoms with van der Waals surface area (Å²) in [4.78, 5) is 24.0. The summed E-state index contributed by atoms with van der Waals surface area (Å²) in [7, 11) is 0. The first kappa shape index (κ1) is 16.8. The second kappa shape index (κ2) is 7.21. The summed E-state index contributed by atoms with van der Waals surface area (Å²) in [5.74, 6) is -1.03. The van der Waals surface area contributed by atoms with E-state index in [1.807, 2.05) is 24.3 Å². The van der Waals surface area contributed by atoms with Crippen molar-refractivity contribution in [1.29, 1.82) is 0 Å². The molecule has 6 nitrogen and oxygen atoms in total. The van der Waals surface area contributed by atoms with Gasteiger partial charge in [0.05, 0.1) is 18.2 Å². The molecule has 7 heteroatoms. The van der Waals surface area contributed by atoms with Crippen molar-refractivity contribution in [3.05, 3.63) is 59.4 Å². The average molecular weight is 344 g/mol. The summed E-state index contributed by atoms with van der Waals surface area (Å²) in [6.45, 7) is 0.0447. The van der Waals surface area contributed by atoms with Crippen LogP contribution >= 0.6 is 0 Å². The second-order valence-corrected chi connectivity index (χ2v) is 5.60. The van der Waals surface area contributed by atoms with Crippen LogP contribution in [0.25, 0.3) is 0 Å². The Balaban J connectivity index is 1.58. The minimum Gasteiger partial charge on any atom is -0.493 e. The van der Waals surface area contributed by atoms with Crippen LogP contribution in [0, 0.1) is 5.82 Å². The van der Waals surface area contributed by atoms with E-state index in [9.17, 15) is 14.0 Å². The van der Waals surface area contributed by atoms with Crippen molar-refractivity contribution in [2.45, 2.75) is 12.5 Å². The molecule has 2 aromatic carbocycles. The summed E-state index contributed by atoms with van der Waals surface area (Å²) in [5.41, 5.74) is 6.44. The number of esters is 1. The first-order valence-corrected chi connectivity index (χ1v) is 7.78. The Labute approximate surface area is 143 Å². The molecule has 0 fully saturated rings. The van der Waals surface area contributed by atoms with Gasteiger partial charge in [0.15, 0.2) is 6.61 Å². The molecule has 1 aliphatic heterocycles. The van der Waals surface area contributed by atoms with Gasteiger partial charge in [-0.05, 0) is 24.3 Å².